The summed E-state index contributed by atoms with van der Waals surface area (Å²) in [4.78, 5) is 0. The average Bonchev–Trinajstić information content (AvgIpc) is 3.11. The summed E-state index contributed by atoms with van der Waals surface area (Å²) in [5, 5.41) is 0. The molecule has 308 valence electrons. The van der Waals surface area contributed by atoms with Crippen LogP contribution in [0, 0.1) is 0 Å². The summed E-state index contributed by atoms with van der Waals surface area (Å²) >= 11 is 0. The molecule has 0 aromatic carbocycles. The van der Waals surface area contributed by atoms with Crippen LogP contribution >= 0.6 is 0 Å². The smallest absolute Gasteiger partial charge is 0.374 e. The number of hydrogen-bond acceptors (Lipinski definition) is 9. The van der Waals surface area contributed by atoms with E-state index in [9.17, 15) is 0 Å². The van der Waals surface area contributed by atoms with Crippen LogP contribution in [0.25, 0.3) is 0 Å². The highest BCUT2D eigenvalue weighted by atomic mass is 28.4. The first-order chi connectivity index (χ1) is 24.8. The predicted molar refractivity (Wildman–Crippen MR) is 218 cm³/mol. The Hall–Kier alpha value is 0.291. The molecule has 0 aliphatic rings. The molecule has 0 N–H and O–H groups in total. The van der Waals surface area contributed by atoms with E-state index < -0.39 is 32.5 Å². The highest BCUT2D eigenvalue weighted by Gasteiger charge is 2.47. The van der Waals surface area contributed by atoms with Crippen molar-refractivity contribution in [3.05, 3.63) is 0 Å². The third-order valence-corrected chi connectivity index (χ3v) is 18.2. The van der Waals surface area contributed by atoms with E-state index in [1.807, 2.05) is 41.5 Å². The van der Waals surface area contributed by atoms with Crippen LogP contribution < -0.4 is 0 Å². The molecule has 0 aliphatic heterocycles. The fourth-order valence-corrected chi connectivity index (χ4v) is 14.7. The molecule has 0 aliphatic carbocycles. The number of unbranched alkanes of at least 4 members (excludes halogenated alkanes) is 15. The molecule has 0 bridgehead atoms. The number of hydrogen-bond donors (Lipinski definition) is 0. The van der Waals surface area contributed by atoms with Crippen molar-refractivity contribution < 1.29 is 39.8 Å². The van der Waals surface area contributed by atoms with E-state index in [-0.39, 0.29) is 13.2 Å². The Labute approximate surface area is 320 Å². The highest BCUT2D eigenvalue weighted by Crippen LogP contribution is 2.27. The van der Waals surface area contributed by atoms with Crippen molar-refractivity contribution in [2.24, 2.45) is 0 Å². The van der Waals surface area contributed by atoms with Gasteiger partial charge in [-0.15, -0.1) is 0 Å². The Balaban J connectivity index is 6.29. The highest BCUT2D eigenvalue weighted by molar-refractivity contribution is 6.61. The minimum Gasteiger partial charge on any atom is -0.374 e. The maximum Gasteiger partial charge on any atom is 0.501 e. The van der Waals surface area contributed by atoms with Crippen molar-refractivity contribution in [2.75, 3.05) is 52.9 Å². The van der Waals surface area contributed by atoms with E-state index in [0.29, 0.717) is 39.6 Å². The molecule has 0 aromatic heterocycles. The molecule has 0 fully saturated rings. The van der Waals surface area contributed by atoms with Crippen LogP contribution in [0.4, 0.5) is 0 Å². The minimum absolute atomic E-state index is 0.271. The minimum atomic E-state index is -3.07. The second-order valence-corrected chi connectivity index (χ2v) is 21.7. The molecule has 12 heteroatoms. The summed E-state index contributed by atoms with van der Waals surface area (Å²) in [5.74, 6) is 0. The maximum absolute atomic E-state index is 7.06. The summed E-state index contributed by atoms with van der Waals surface area (Å²) in [6.07, 6.45) is 21.1. The van der Waals surface area contributed by atoms with E-state index in [1.54, 1.807) is 0 Å². The van der Waals surface area contributed by atoms with Gasteiger partial charge in [0, 0.05) is 57.8 Å². The zero-order chi connectivity index (χ0) is 37.9. The van der Waals surface area contributed by atoms with E-state index in [0.717, 1.165) is 56.7 Å². The van der Waals surface area contributed by atoms with E-state index in [4.69, 9.17) is 39.8 Å². The number of rotatable bonds is 41. The van der Waals surface area contributed by atoms with Gasteiger partial charge in [-0.1, -0.05) is 117 Å². The molecule has 0 radical (unpaired) electrons. The lowest BCUT2D eigenvalue weighted by Gasteiger charge is -2.37. The molecular formula is C39H86O9Si3. The van der Waals surface area contributed by atoms with Crippen LogP contribution in [0.2, 0.25) is 18.1 Å². The molecule has 0 saturated heterocycles. The first-order valence-corrected chi connectivity index (χ1v) is 27.4. The van der Waals surface area contributed by atoms with Crippen LogP contribution in [0.3, 0.4) is 0 Å². The molecule has 0 aromatic rings. The van der Waals surface area contributed by atoms with Crippen LogP contribution in [0.1, 0.15) is 178 Å². The average molecular weight is 783 g/mol. The lowest BCUT2D eigenvalue weighted by atomic mass is 10.1. The molecule has 0 saturated carbocycles. The third-order valence-electron chi connectivity index (χ3n) is 9.02. The molecule has 0 rings (SSSR count). The van der Waals surface area contributed by atoms with Gasteiger partial charge in [-0.2, -0.15) is 0 Å². The molecule has 0 heterocycles. The molecule has 0 amide bonds. The Morgan fingerprint density at radius 2 is 0.549 bits per heavy atom. The third kappa shape index (κ3) is 25.1. The van der Waals surface area contributed by atoms with Crippen LogP contribution in [-0.2, 0) is 39.8 Å². The van der Waals surface area contributed by atoms with Crippen molar-refractivity contribution in [1.29, 1.82) is 0 Å². The van der Waals surface area contributed by atoms with Gasteiger partial charge in [-0.05, 0) is 60.8 Å². The van der Waals surface area contributed by atoms with Crippen molar-refractivity contribution in [3.63, 3.8) is 0 Å². The molecular weight excluding hydrogens is 697 g/mol. The van der Waals surface area contributed by atoms with Gasteiger partial charge in [0.1, 0.15) is 0 Å². The van der Waals surface area contributed by atoms with E-state index in [2.05, 4.69) is 20.8 Å². The summed E-state index contributed by atoms with van der Waals surface area (Å²) in [6.45, 7) is 22.7. The van der Waals surface area contributed by atoms with Crippen LogP contribution in [0.5, 0.6) is 0 Å². The normalized spacial score (nSPS) is 12.8. The fraction of sp³-hybridized carbons (Fsp3) is 1.00. The van der Waals surface area contributed by atoms with Crippen LogP contribution in [-0.4, -0.2) is 85.4 Å². The molecule has 0 unspecified atom stereocenters. The van der Waals surface area contributed by atoms with Crippen molar-refractivity contribution in [3.8, 4) is 0 Å². The van der Waals surface area contributed by atoms with Gasteiger partial charge < -0.3 is 39.8 Å². The van der Waals surface area contributed by atoms with Gasteiger partial charge in [-0.3, -0.25) is 0 Å². The summed E-state index contributed by atoms with van der Waals surface area (Å²) in [6, 6.07) is 2.35. The zero-order valence-electron chi connectivity index (χ0n) is 35.3. The fourth-order valence-electron chi connectivity index (χ4n) is 6.49. The Kier molecular flexibility index (Phi) is 35.0. The predicted octanol–water partition coefficient (Wildman–Crippen LogP) is 11.5. The summed E-state index contributed by atoms with van der Waals surface area (Å²) in [7, 11) is -9.03. The van der Waals surface area contributed by atoms with Crippen LogP contribution in [0.15, 0.2) is 0 Å². The molecule has 0 spiro atoms. The van der Waals surface area contributed by atoms with Gasteiger partial charge in [0.25, 0.3) is 0 Å². The van der Waals surface area contributed by atoms with Crippen molar-refractivity contribution in [2.45, 2.75) is 202 Å². The quantitative estimate of drug-likeness (QED) is 0.0444. The second kappa shape index (κ2) is 34.8. The van der Waals surface area contributed by atoms with E-state index >= 15 is 0 Å². The van der Waals surface area contributed by atoms with Gasteiger partial charge >= 0.3 is 26.4 Å². The zero-order valence-corrected chi connectivity index (χ0v) is 38.3. The van der Waals surface area contributed by atoms with Crippen molar-refractivity contribution >= 4 is 26.4 Å². The van der Waals surface area contributed by atoms with Gasteiger partial charge in [0.2, 0.25) is 0 Å². The summed E-state index contributed by atoms with van der Waals surface area (Å²) in [5.41, 5.74) is 0. The molecule has 0 atom stereocenters. The van der Waals surface area contributed by atoms with Crippen molar-refractivity contribution in [1.82, 2.24) is 0 Å². The summed E-state index contributed by atoms with van der Waals surface area (Å²) < 4.78 is 59.3. The lowest BCUT2D eigenvalue weighted by molar-refractivity contribution is -0.0400. The molecule has 51 heavy (non-hydrogen) atoms. The monoisotopic (exact) mass is 783 g/mol. The topological polar surface area (TPSA) is 83.1 Å². The first kappa shape index (κ1) is 51.3. The Morgan fingerprint density at radius 3 is 0.843 bits per heavy atom. The maximum atomic E-state index is 7.06. The molecule has 9 nitrogen and oxygen atoms in total. The first-order valence-electron chi connectivity index (χ1n) is 21.6. The Morgan fingerprint density at radius 1 is 0.294 bits per heavy atom. The Bertz CT molecular complexity index is 680. The largest absolute Gasteiger partial charge is 0.501 e. The SMILES string of the molecule is CCCCCCCC[Si](OCC)(OCC)OCC(CO[Si](CCCCCCCC)(OCC)OCC)O[Si](CCCCCCCC)(OCC)OCC. The van der Waals surface area contributed by atoms with Gasteiger partial charge in [0.05, 0.1) is 19.3 Å². The van der Waals surface area contributed by atoms with E-state index in [1.165, 1.54) is 77.0 Å². The van der Waals surface area contributed by atoms with Gasteiger partial charge in [0.15, 0.2) is 0 Å². The second-order valence-electron chi connectivity index (χ2n) is 13.6. The standard InChI is InChI=1S/C39H86O9Si3/c1-10-19-22-25-28-31-34-49(40-13-4,41-14-5)46-37-39(48-51(44-17-8,45-18-9)36-33-30-27-24-21-12-3)38-47-50(42-15-6,43-16-7)35-32-29-26-23-20-11-2/h39H,10-38H2,1-9H3. The van der Waals surface area contributed by atoms with Gasteiger partial charge in [-0.25, -0.2) is 0 Å². The lowest BCUT2D eigenvalue weighted by Crippen LogP contribution is -2.54.